The highest BCUT2D eigenvalue weighted by Gasteiger charge is 2.58. The van der Waals surface area contributed by atoms with E-state index in [9.17, 15) is 9.59 Å². The van der Waals surface area contributed by atoms with Gasteiger partial charge in [0.2, 0.25) is 20.1 Å². The van der Waals surface area contributed by atoms with Gasteiger partial charge in [-0.2, -0.15) is 0 Å². The lowest BCUT2D eigenvalue weighted by molar-refractivity contribution is -0.124. The molecule has 2 heterocycles. The lowest BCUT2D eigenvalue weighted by atomic mass is 9.89. The van der Waals surface area contributed by atoms with Crippen LogP contribution < -0.4 is 9.33 Å². The lowest BCUT2D eigenvalue weighted by Gasteiger charge is -2.22. The van der Waals surface area contributed by atoms with Crippen LogP contribution >= 0.6 is 0 Å². The molecule has 162 valence electrons. The van der Waals surface area contributed by atoms with Crippen LogP contribution in [-0.4, -0.2) is 40.4 Å². The van der Waals surface area contributed by atoms with E-state index in [2.05, 4.69) is 51.9 Å². The van der Waals surface area contributed by atoms with Crippen LogP contribution in [0.1, 0.15) is 0 Å². The third-order valence-electron chi connectivity index (χ3n) is 5.23. The number of imide groups is 1. The van der Waals surface area contributed by atoms with Crippen molar-refractivity contribution in [2.45, 2.75) is 57.5 Å². The second-order valence-corrected chi connectivity index (χ2v) is 20.2. The van der Waals surface area contributed by atoms with Gasteiger partial charge >= 0.3 is 0 Å². The number of hydrogen-bond donors (Lipinski definition) is 0. The van der Waals surface area contributed by atoms with Gasteiger partial charge in [-0.05, 0) is 50.0 Å². The van der Waals surface area contributed by atoms with E-state index in [0.717, 1.165) is 11.8 Å². The van der Waals surface area contributed by atoms with Crippen LogP contribution in [-0.2, 0) is 14.3 Å². The third kappa shape index (κ3) is 4.84. The summed E-state index contributed by atoms with van der Waals surface area (Å²) in [7, 11) is -2.96. The normalized spacial score (nSPS) is 27.1. The standard InChI is InChI=1S/C23H33NO4Si2/c1-8-18-20-21(19(27-18)10-9-15-29(2,3)4)23(26)24(22(20)25)16-11-13-17(14-12-16)28-30(5,6)7/h8-14,18-21H,1,15H2,2-7H3/b10-9+. The van der Waals surface area contributed by atoms with E-state index < -0.39 is 40.4 Å². The van der Waals surface area contributed by atoms with E-state index in [4.69, 9.17) is 9.16 Å². The summed E-state index contributed by atoms with van der Waals surface area (Å²) in [6.45, 7) is 17.0. The van der Waals surface area contributed by atoms with Gasteiger partial charge in [-0.25, -0.2) is 4.90 Å². The summed E-state index contributed by atoms with van der Waals surface area (Å²) in [6, 6.07) is 8.23. The van der Waals surface area contributed by atoms with Gasteiger partial charge in [0.25, 0.3) is 0 Å². The van der Waals surface area contributed by atoms with Gasteiger partial charge in [-0.15, -0.1) is 6.58 Å². The molecule has 0 aliphatic carbocycles. The Kier molecular flexibility index (Phi) is 6.27. The van der Waals surface area contributed by atoms with Gasteiger partial charge in [0.15, 0.2) is 0 Å². The largest absolute Gasteiger partial charge is 0.544 e. The fraction of sp³-hybridized carbons (Fsp3) is 0.478. The number of benzene rings is 1. The Morgan fingerprint density at radius 3 is 2.07 bits per heavy atom. The topological polar surface area (TPSA) is 55.8 Å². The molecule has 4 unspecified atom stereocenters. The summed E-state index contributed by atoms with van der Waals surface area (Å²) in [5, 5.41) is 0. The van der Waals surface area contributed by atoms with Crippen LogP contribution in [0.2, 0.25) is 45.3 Å². The second-order valence-electron chi connectivity index (χ2n) is 10.3. The number of amides is 2. The Labute approximate surface area is 181 Å². The van der Waals surface area contributed by atoms with Crippen LogP contribution in [0.4, 0.5) is 5.69 Å². The fourth-order valence-corrected chi connectivity index (χ4v) is 5.64. The number of carbonyl (C=O) groups is 2. The molecule has 7 heteroatoms. The molecule has 2 aliphatic rings. The van der Waals surface area contributed by atoms with E-state index in [1.54, 1.807) is 18.2 Å². The Hall–Kier alpha value is -1.97. The molecule has 2 saturated heterocycles. The highest BCUT2D eigenvalue weighted by atomic mass is 28.4. The number of fused-ring (bicyclic) bond motifs is 1. The average molecular weight is 444 g/mol. The molecular weight excluding hydrogens is 410 g/mol. The minimum Gasteiger partial charge on any atom is -0.544 e. The molecule has 5 nitrogen and oxygen atoms in total. The van der Waals surface area contributed by atoms with E-state index in [1.165, 1.54) is 4.90 Å². The van der Waals surface area contributed by atoms with Crippen molar-refractivity contribution >= 4 is 33.9 Å². The van der Waals surface area contributed by atoms with Crippen LogP contribution in [0.5, 0.6) is 5.75 Å². The average Bonchev–Trinajstić information content (AvgIpc) is 3.10. The van der Waals surface area contributed by atoms with Crippen molar-refractivity contribution in [1.29, 1.82) is 0 Å². The first-order valence-corrected chi connectivity index (χ1v) is 17.6. The molecule has 2 amide bonds. The van der Waals surface area contributed by atoms with Crippen molar-refractivity contribution in [3.05, 3.63) is 49.1 Å². The van der Waals surface area contributed by atoms with Crippen molar-refractivity contribution in [3.63, 3.8) is 0 Å². The van der Waals surface area contributed by atoms with Crippen LogP contribution in [0.3, 0.4) is 0 Å². The van der Waals surface area contributed by atoms with Crippen molar-refractivity contribution in [2.75, 3.05) is 4.90 Å². The smallest absolute Gasteiger partial charge is 0.242 e. The number of rotatable bonds is 7. The predicted octanol–water partition coefficient (Wildman–Crippen LogP) is 4.85. The Morgan fingerprint density at radius 2 is 1.57 bits per heavy atom. The van der Waals surface area contributed by atoms with Gasteiger partial charge in [0.1, 0.15) is 5.75 Å². The summed E-state index contributed by atoms with van der Waals surface area (Å²) < 4.78 is 12.0. The zero-order valence-electron chi connectivity index (χ0n) is 18.8. The third-order valence-corrected chi connectivity index (χ3v) is 7.54. The molecule has 0 spiro atoms. The lowest BCUT2D eigenvalue weighted by Crippen LogP contribution is -2.35. The molecule has 0 saturated carbocycles. The molecule has 0 bridgehead atoms. The Morgan fingerprint density at radius 1 is 1.00 bits per heavy atom. The predicted molar refractivity (Wildman–Crippen MR) is 126 cm³/mol. The van der Waals surface area contributed by atoms with Crippen molar-refractivity contribution in [1.82, 2.24) is 0 Å². The first-order valence-electron chi connectivity index (χ1n) is 10.5. The molecule has 1 aromatic rings. The molecule has 1 aromatic carbocycles. The molecule has 3 rings (SSSR count). The van der Waals surface area contributed by atoms with E-state index >= 15 is 0 Å². The van der Waals surface area contributed by atoms with Gasteiger partial charge < -0.3 is 9.16 Å². The Balaban J connectivity index is 1.84. The SMILES string of the molecule is C=CC1OC(/C=C/C[Si](C)(C)C)C2C(=O)N(c3ccc(O[Si](C)(C)C)cc3)C(=O)C12. The highest BCUT2D eigenvalue weighted by Crippen LogP contribution is 2.43. The molecule has 0 radical (unpaired) electrons. The van der Waals surface area contributed by atoms with Crippen LogP contribution in [0, 0.1) is 11.8 Å². The number of nitrogens with zero attached hydrogens (tertiary/aromatic N) is 1. The number of carbonyl (C=O) groups excluding carboxylic acids is 2. The number of allylic oxidation sites excluding steroid dienone is 1. The quantitative estimate of drug-likeness (QED) is 0.343. The second kappa shape index (κ2) is 8.28. The summed E-state index contributed by atoms with van der Waals surface area (Å²) in [4.78, 5) is 27.8. The molecule has 2 aliphatic heterocycles. The number of ether oxygens (including phenoxy) is 1. The van der Waals surface area contributed by atoms with Crippen LogP contribution in [0.15, 0.2) is 49.1 Å². The first-order chi connectivity index (χ1) is 13.9. The number of anilines is 1. The maximum atomic E-state index is 13.3. The molecule has 0 aromatic heterocycles. The molecule has 4 atom stereocenters. The zero-order valence-corrected chi connectivity index (χ0v) is 20.8. The molecule has 2 fully saturated rings. The van der Waals surface area contributed by atoms with Crippen molar-refractivity contribution < 1.29 is 18.8 Å². The van der Waals surface area contributed by atoms with Crippen molar-refractivity contribution in [3.8, 4) is 5.75 Å². The Bertz CT molecular complexity index is 851. The maximum Gasteiger partial charge on any atom is 0.242 e. The van der Waals surface area contributed by atoms with Gasteiger partial charge in [0.05, 0.1) is 29.7 Å². The summed E-state index contributed by atoms with van der Waals surface area (Å²) in [6.07, 6.45) is 4.88. The minimum atomic E-state index is -1.72. The maximum absolute atomic E-state index is 13.3. The monoisotopic (exact) mass is 443 g/mol. The van der Waals surface area contributed by atoms with E-state index in [0.29, 0.717) is 5.69 Å². The number of hydrogen-bond acceptors (Lipinski definition) is 4. The van der Waals surface area contributed by atoms with Crippen molar-refractivity contribution in [2.24, 2.45) is 11.8 Å². The van der Waals surface area contributed by atoms with Gasteiger partial charge in [0, 0.05) is 8.07 Å². The molecule has 0 N–H and O–H groups in total. The zero-order chi connectivity index (χ0) is 22.3. The van der Waals surface area contributed by atoms with E-state index in [-0.39, 0.29) is 11.8 Å². The first kappa shape index (κ1) is 22.7. The van der Waals surface area contributed by atoms with E-state index in [1.807, 2.05) is 18.2 Å². The van der Waals surface area contributed by atoms with Gasteiger partial charge in [-0.3, -0.25) is 9.59 Å². The summed E-state index contributed by atoms with van der Waals surface area (Å²) >= 11 is 0. The highest BCUT2D eigenvalue weighted by molar-refractivity contribution is 6.76. The summed E-state index contributed by atoms with van der Waals surface area (Å²) in [5.41, 5.74) is 0.579. The fourth-order valence-electron chi connectivity index (χ4n) is 3.95. The van der Waals surface area contributed by atoms with Crippen LogP contribution in [0.25, 0.3) is 0 Å². The molecular formula is C23H33NO4Si2. The summed E-state index contributed by atoms with van der Waals surface area (Å²) in [5.74, 6) is -0.673. The van der Waals surface area contributed by atoms with Gasteiger partial charge in [-0.1, -0.05) is 37.9 Å². The molecule has 30 heavy (non-hydrogen) atoms. The minimum absolute atomic E-state index is 0.198.